The minimum atomic E-state index is -5.06. The molecule has 1 atom stereocenters. The van der Waals surface area contributed by atoms with E-state index in [0.717, 1.165) is 4.52 Å². The first kappa shape index (κ1) is 19.9. The Bertz CT molecular complexity index is 1120. The molecule has 1 unspecified atom stereocenters. The van der Waals surface area contributed by atoms with Crippen LogP contribution in [0, 0.1) is 0 Å². The monoisotopic (exact) mass is 430 g/mol. The number of rotatable bonds is 3. The average molecular weight is 430 g/mol. The summed E-state index contributed by atoms with van der Waals surface area (Å²) in [4.78, 5) is 11.7. The Hall–Kier alpha value is -3.38. The summed E-state index contributed by atoms with van der Waals surface area (Å²) in [6.45, 7) is 0.449. The fourth-order valence-corrected chi connectivity index (χ4v) is 3.17. The smallest absolute Gasteiger partial charge is 0.354 e. The zero-order valence-corrected chi connectivity index (χ0v) is 14.8. The lowest BCUT2D eigenvalue weighted by molar-refractivity contribution is -0.142. The van der Waals surface area contributed by atoms with E-state index in [4.69, 9.17) is 0 Å². The van der Waals surface area contributed by atoms with Crippen LogP contribution in [0.3, 0.4) is 0 Å². The van der Waals surface area contributed by atoms with Crippen LogP contribution in [-0.2, 0) is 17.1 Å². The van der Waals surface area contributed by atoms with E-state index in [1.54, 1.807) is 0 Å². The lowest BCUT2D eigenvalue weighted by Gasteiger charge is -2.17. The lowest BCUT2D eigenvalue weighted by atomic mass is 10.00. The zero-order valence-electron chi connectivity index (χ0n) is 14.8. The van der Waals surface area contributed by atoms with Crippen LogP contribution in [0.1, 0.15) is 17.5 Å². The number of benzene rings is 1. The molecule has 0 bridgehead atoms. The molecule has 1 aromatic carbocycles. The number of hydrogen-bond donors (Lipinski definition) is 2. The molecule has 7 nitrogen and oxygen atoms in total. The number of hydrogen-bond acceptors (Lipinski definition) is 5. The first-order chi connectivity index (χ1) is 14.1. The van der Waals surface area contributed by atoms with Gasteiger partial charge in [-0.25, -0.2) is 0 Å². The predicted molar refractivity (Wildman–Crippen MR) is 91.3 cm³/mol. The van der Waals surface area contributed by atoms with Gasteiger partial charge in [0.2, 0.25) is 11.9 Å². The molecule has 3 aromatic rings. The number of amides is 1. The maximum absolute atomic E-state index is 13.5. The van der Waals surface area contributed by atoms with Crippen LogP contribution in [0.25, 0.3) is 16.8 Å². The molecule has 1 aliphatic rings. The molecule has 1 amide bonds. The number of nitrogens with one attached hydrogen (secondary N) is 2. The summed E-state index contributed by atoms with van der Waals surface area (Å²) in [6.07, 6.45) is -8.26. The van der Waals surface area contributed by atoms with Crippen LogP contribution in [-0.4, -0.2) is 38.3 Å². The number of carbonyl (C=O) groups is 1. The van der Waals surface area contributed by atoms with Crippen LogP contribution >= 0.6 is 0 Å². The molecule has 158 valence electrons. The predicted octanol–water partition coefficient (Wildman–Crippen LogP) is 3.13. The second-order valence-corrected chi connectivity index (χ2v) is 6.53. The van der Waals surface area contributed by atoms with Gasteiger partial charge in [-0.2, -0.15) is 36.0 Å². The number of fused-ring (bicyclic) bond motifs is 1. The van der Waals surface area contributed by atoms with Crippen LogP contribution < -0.4 is 10.6 Å². The van der Waals surface area contributed by atoms with Gasteiger partial charge in [0.15, 0.2) is 0 Å². The highest BCUT2D eigenvalue weighted by atomic mass is 19.4. The molecule has 30 heavy (non-hydrogen) atoms. The van der Waals surface area contributed by atoms with Gasteiger partial charge < -0.3 is 10.6 Å². The summed E-state index contributed by atoms with van der Waals surface area (Å²) in [5.74, 6) is -0.260. The number of carbonyl (C=O) groups excluding carboxylic acids is 1. The average Bonchev–Trinajstić information content (AvgIpc) is 3.30. The van der Waals surface area contributed by atoms with Crippen LogP contribution in [0.4, 0.5) is 32.3 Å². The quantitative estimate of drug-likeness (QED) is 0.624. The molecule has 2 aromatic heterocycles. The van der Waals surface area contributed by atoms with E-state index in [9.17, 15) is 31.1 Å². The second-order valence-electron chi connectivity index (χ2n) is 6.53. The van der Waals surface area contributed by atoms with Crippen molar-refractivity contribution in [1.29, 1.82) is 0 Å². The van der Waals surface area contributed by atoms with Crippen molar-refractivity contribution in [2.45, 2.75) is 24.8 Å². The maximum atomic E-state index is 13.5. The Morgan fingerprint density at radius 3 is 2.47 bits per heavy atom. The van der Waals surface area contributed by atoms with Gasteiger partial charge in [-0.1, -0.05) is 6.07 Å². The molecular formula is C17H12F6N6O. The summed E-state index contributed by atoms with van der Waals surface area (Å²) >= 11 is 0. The van der Waals surface area contributed by atoms with Crippen molar-refractivity contribution in [3.8, 4) is 11.3 Å². The van der Waals surface area contributed by atoms with Gasteiger partial charge in [0.1, 0.15) is 11.7 Å². The Morgan fingerprint density at radius 2 is 1.83 bits per heavy atom. The molecule has 0 radical (unpaired) electrons. The molecule has 0 saturated carbocycles. The molecule has 1 fully saturated rings. The van der Waals surface area contributed by atoms with Crippen molar-refractivity contribution in [3.05, 3.63) is 41.6 Å². The van der Waals surface area contributed by atoms with Crippen molar-refractivity contribution < 1.29 is 31.1 Å². The molecule has 0 spiro atoms. The first-order valence-electron chi connectivity index (χ1n) is 8.59. The highest BCUT2D eigenvalue weighted by Crippen LogP contribution is 2.41. The maximum Gasteiger partial charge on any atom is 0.417 e. The first-order valence-corrected chi connectivity index (χ1v) is 8.59. The van der Waals surface area contributed by atoms with Crippen molar-refractivity contribution in [1.82, 2.24) is 25.1 Å². The van der Waals surface area contributed by atoms with Gasteiger partial charge in [-0.3, -0.25) is 4.79 Å². The van der Waals surface area contributed by atoms with Gasteiger partial charge in [0.25, 0.3) is 0 Å². The Kier molecular flexibility index (Phi) is 4.55. The van der Waals surface area contributed by atoms with E-state index >= 15 is 0 Å². The highest BCUT2D eigenvalue weighted by molar-refractivity contribution is 5.86. The molecular weight excluding hydrogens is 418 g/mol. The summed E-state index contributed by atoms with van der Waals surface area (Å²) in [5.41, 5.74) is -3.71. The SMILES string of the molecule is O=C1NCCC1Nc1nnc(-c2ccc(C(F)(F)F)cc2C(F)(F)F)c2ccnn12. The van der Waals surface area contributed by atoms with E-state index in [1.807, 2.05) is 0 Å². The van der Waals surface area contributed by atoms with Gasteiger partial charge >= 0.3 is 12.4 Å². The fraction of sp³-hybridized carbons (Fsp3) is 0.294. The normalized spacial score (nSPS) is 17.4. The van der Waals surface area contributed by atoms with E-state index < -0.39 is 35.1 Å². The highest BCUT2D eigenvalue weighted by Gasteiger charge is 2.39. The summed E-state index contributed by atoms with van der Waals surface area (Å²) in [7, 11) is 0. The molecule has 2 N–H and O–H groups in total. The van der Waals surface area contributed by atoms with Gasteiger partial charge in [0, 0.05) is 12.1 Å². The molecule has 1 saturated heterocycles. The number of alkyl halides is 6. The van der Waals surface area contributed by atoms with E-state index in [0.29, 0.717) is 25.1 Å². The number of aromatic nitrogens is 4. The minimum absolute atomic E-state index is 0.0151. The Morgan fingerprint density at radius 1 is 1.07 bits per heavy atom. The summed E-state index contributed by atoms with van der Waals surface area (Å²) in [6, 6.07) is 2.03. The van der Waals surface area contributed by atoms with Crippen molar-refractivity contribution in [3.63, 3.8) is 0 Å². The van der Waals surface area contributed by atoms with Crippen LogP contribution in [0.15, 0.2) is 30.5 Å². The lowest BCUT2D eigenvalue weighted by Crippen LogP contribution is -2.31. The summed E-state index contributed by atoms with van der Waals surface area (Å²) < 4.78 is 80.5. The van der Waals surface area contributed by atoms with Gasteiger partial charge in [0.05, 0.1) is 22.8 Å². The van der Waals surface area contributed by atoms with E-state index in [-0.39, 0.29) is 29.1 Å². The largest absolute Gasteiger partial charge is 0.417 e. The standard InChI is InChI=1S/C17H12F6N6O/c18-16(19,20)8-1-2-9(10(7-8)17(21,22)23)13-12-4-6-25-29(12)15(28-27-13)26-11-3-5-24-14(11)30/h1-2,4,6-7,11H,3,5H2,(H,24,30)(H,26,28). The third-order valence-electron chi connectivity index (χ3n) is 4.59. The third-order valence-corrected chi connectivity index (χ3v) is 4.59. The van der Waals surface area contributed by atoms with Crippen LogP contribution in [0.2, 0.25) is 0 Å². The fourth-order valence-electron chi connectivity index (χ4n) is 3.17. The number of anilines is 1. The molecule has 4 rings (SSSR count). The van der Waals surface area contributed by atoms with Crippen molar-refractivity contribution >= 4 is 17.4 Å². The van der Waals surface area contributed by atoms with Crippen LogP contribution in [0.5, 0.6) is 0 Å². The Labute approximate surface area is 164 Å². The van der Waals surface area contributed by atoms with Crippen molar-refractivity contribution in [2.75, 3.05) is 11.9 Å². The Balaban J connectivity index is 1.83. The van der Waals surface area contributed by atoms with Gasteiger partial charge in [-0.15, -0.1) is 10.2 Å². The molecule has 1 aliphatic heterocycles. The van der Waals surface area contributed by atoms with Crippen molar-refractivity contribution in [2.24, 2.45) is 0 Å². The molecule has 0 aliphatic carbocycles. The number of nitrogens with zero attached hydrogens (tertiary/aromatic N) is 4. The zero-order chi connectivity index (χ0) is 21.7. The third kappa shape index (κ3) is 3.50. The molecule has 3 heterocycles. The molecule has 13 heteroatoms. The number of halogens is 6. The topological polar surface area (TPSA) is 84.2 Å². The van der Waals surface area contributed by atoms with Gasteiger partial charge in [-0.05, 0) is 24.6 Å². The van der Waals surface area contributed by atoms with E-state index in [1.165, 1.54) is 12.3 Å². The van der Waals surface area contributed by atoms with E-state index in [2.05, 4.69) is 25.9 Å². The summed E-state index contributed by atoms with van der Waals surface area (Å²) in [5, 5.41) is 17.0. The second kappa shape index (κ2) is 6.85. The minimum Gasteiger partial charge on any atom is -0.354 e.